The van der Waals surface area contributed by atoms with Crippen molar-refractivity contribution in [2.45, 2.75) is 44.0 Å². The van der Waals surface area contributed by atoms with Crippen LogP contribution in [0.15, 0.2) is 0 Å². The van der Waals surface area contributed by atoms with Crippen molar-refractivity contribution < 1.29 is 18.2 Å². The molecule has 0 aromatic rings. The summed E-state index contributed by atoms with van der Waals surface area (Å²) in [4.78, 5) is 0. The van der Waals surface area contributed by atoms with Gasteiger partial charge in [0.2, 0.25) is 0 Å². The van der Waals surface area contributed by atoms with Gasteiger partial charge in [-0.2, -0.15) is 0 Å². The number of hydrogen-bond donors (Lipinski definition) is 1. The second kappa shape index (κ2) is 4.88. The Kier molecular flexibility index (Phi) is 3.73. The maximum Gasteiger partial charge on any atom is 0.158 e. The van der Waals surface area contributed by atoms with Crippen LogP contribution in [-0.4, -0.2) is 33.8 Å². The minimum Gasteiger partial charge on any atom is -0.760 e. The summed E-state index contributed by atoms with van der Waals surface area (Å²) >= 11 is -2.20. The summed E-state index contributed by atoms with van der Waals surface area (Å²) in [5.41, 5.74) is -0.290. The summed E-state index contributed by atoms with van der Waals surface area (Å²) in [5, 5.41) is 0. The van der Waals surface area contributed by atoms with Gasteiger partial charge < -0.3 is 14.0 Å². The van der Waals surface area contributed by atoms with Crippen molar-refractivity contribution in [2.75, 3.05) is 13.2 Å². The van der Waals surface area contributed by atoms with Crippen molar-refractivity contribution in [3.8, 4) is 0 Å². The van der Waals surface area contributed by atoms with Crippen LogP contribution in [0, 0.1) is 0 Å². The van der Waals surface area contributed by atoms with E-state index in [1.54, 1.807) is 0 Å². The molecule has 1 aliphatic heterocycles. The Bertz CT molecular complexity index is 238. The minimum atomic E-state index is -2.20. The van der Waals surface area contributed by atoms with Gasteiger partial charge in [0.15, 0.2) is 6.29 Å². The van der Waals surface area contributed by atoms with Gasteiger partial charge >= 0.3 is 0 Å². The van der Waals surface area contributed by atoms with Gasteiger partial charge in [0.05, 0.1) is 5.60 Å². The van der Waals surface area contributed by atoms with E-state index in [2.05, 4.69) is 4.72 Å². The predicted molar refractivity (Wildman–Crippen MR) is 53.6 cm³/mol. The topological polar surface area (TPSA) is 70.6 Å². The third-order valence-electron chi connectivity index (χ3n) is 2.84. The molecule has 5 nitrogen and oxygen atoms in total. The molecule has 0 bridgehead atoms. The zero-order valence-corrected chi connectivity index (χ0v) is 9.38. The number of nitrogens with one attached hydrogen (secondary N) is 1. The van der Waals surface area contributed by atoms with Crippen molar-refractivity contribution in [3.05, 3.63) is 0 Å². The molecule has 1 saturated heterocycles. The zero-order valence-electron chi connectivity index (χ0n) is 8.57. The molecule has 2 rings (SSSR count). The molecule has 0 aromatic carbocycles. The Balaban J connectivity index is 1.74. The van der Waals surface area contributed by atoms with E-state index in [1.165, 1.54) is 0 Å². The average molecular weight is 234 g/mol. The SMILES string of the molecule is O=S([O-])NCC1(OC2CCCCO2)CC1. The molecule has 1 aliphatic carbocycles. The van der Waals surface area contributed by atoms with Gasteiger partial charge in [-0.25, -0.2) is 4.72 Å². The molecule has 2 aliphatic rings. The fourth-order valence-corrected chi connectivity index (χ4v) is 2.13. The Morgan fingerprint density at radius 3 is 2.87 bits per heavy atom. The lowest BCUT2D eigenvalue weighted by molar-refractivity contribution is -0.195. The summed E-state index contributed by atoms with van der Waals surface area (Å²) in [6.45, 7) is 1.12. The summed E-state index contributed by atoms with van der Waals surface area (Å²) in [5.74, 6) is 0. The van der Waals surface area contributed by atoms with Crippen LogP contribution in [0.25, 0.3) is 0 Å². The van der Waals surface area contributed by atoms with Gasteiger partial charge in [0.1, 0.15) is 0 Å². The number of ether oxygens (including phenoxy) is 2. The molecule has 2 unspecified atom stereocenters. The standard InChI is InChI=1S/C9H17NO4S/c11-15(12)10-7-9(4-5-9)14-8-3-1-2-6-13-8/h8,10H,1-7H2,(H,11,12)/p-1. The first-order valence-corrected chi connectivity index (χ1v) is 6.40. The summed E-state index contributed by atoms with van der Waals surface area (Å²) in [6, 6.07) is 0. The highest BCUT2D eigenvalue weighted by Crippen LogP contribution is 2.41. The normalized spacial score (nSPS) is 31.1. The van der Waals surface area contributed by atoms with E-state index in [4.69, 9.17) is 9.47 Å². The maximum atomic E-state index is 10.4. The van der Waals surface area contributed by atoms with Crippen LogP contribution in [0.2, 0.25) is 0 Å². The van der Waals surface area contributed by atoms with Crippen molar-refractivity contribution in [1.82, 2.24) is 4.72 Å². The van der Waals surface area contributed by atoms with E-state index in [0.717, 1.165) is 38.7 Å². The summed E-state index contributed by atoms with van der Waals surface area (Å²) < 4.78 is 34.3. The molecular weight excluding hydrogens is 218 g/mol. The third kappa shape index (κ3) is 3.49. The van der Waals surface area contributed by atoms with Crippen LogP contribution in [0.4, 0.5) is 0 Å². The lowest BCUT2D eigenvalue weighted by atomic mass is 10.2. The minimum absolute atomic E-state index is 0.136. The summed E-state index contributed by atoms with van der Waals surface area (Å²) in [7, 11) is 0. The Hall–Kier alpha value is -0.0100. The lowest BCUT2D eigenvalue weighted by Gasteiger charge is -2.28. The predicted octanol–water partition coefficient (Wildman–Crippen LogP) is 0.446. The Morgan fingerprint density at radius 1 is 1.53 bits per heavy atom. The van der Waals surface area contributed by atoms with E-state index in [1.807, 2.05) is 0 Å². The molecule has 2 atom stereocenters. The molecule has 1 N–H and O–H groups in total. The molecule has 0 amide bonds. The molecule has 88 valence electrons. The molecule has 2 fully saturated rings. The van der Waals surface area contributed by atoms with E-state index in [0.29, 0.717) is 6.54 Å². The highest BCUT2D eigenvalue weighted by atomic mass is 32.2. The van der Waals surface area contributed by atoms with Gasteiger partial charge in [-0.05, 0) is 32.1 Å². The van der Waals surface area contributed by atoms with Gasteiger partial charge in [-0.3, -0.25) is 4.21 Å². The molecule has 1 heterocycles. The van der Waals surface area contributed by atoms with Gasteiger partial charge in [0.25, 0.3) is 0 Å². The molecule has 6 heteroatoms. The second-order valence-electron chi connectivity index (χ2n) is 4.15. The molecule has 0 aromatic heterocycles. The largest absolute Gasteiger partial charge is 0.760 e. The Labute approximate surface area is 91.9 Å². The van der Waals surface area contributed by atoms with E-state index >= 15 is 0 Å². The van der Waals surface area contributed by atoms with Crippen molar-refractivity contribution in [1.29, 1.82) is 0 Å². The van der Waals surface area contributed by atoms with Crippen molar-refractivity contribution in [3.63, 3.8) is 0 Å². The monoisotopic (exact) mass is 234 g/mol. The average Bonchev–Trinajstić information content (AvgIpc) is 2.97. The van der Waals surface area contributed by atoms with Crippen LogP contribution < -0.4 is 4.72 Å². The molecule has 15 heavy (non-hydrogen) atoms. The second-order valence-corrected chi connectivity index (χ2v) is 4.91. The third-order valence-corrected chi connectivity index (χ3v) is 3.22. The van der Waals surface area contributed by atoms with E-state index < -0.39 is 11.3 Å². The summed E-state index contributed by atoms with van der Waals surface area (Å²) in [6.07, 6.45) is 4.83. The lowest BCUT2D eigenvalue weighted by Crippen LogP contribution is -2.37. The highest BCUT2D eigenvalue weighted by molar-refractivity contribution is 7.77. The first-order chi connectivity index (χ1) is 7.20. The molecule has 1 saturated carbocycles. The molecule has 0 radical (unpaired) electrons. The maximum absolute atomic E-state index is 10.4. The van der Waals surface area contributed by atoms with Gasteiger partial charge in [0, 0.05) is 24.4 Å². The van der Waals surface area contributed by atoms with Crippen molar-refractivity contribution >= 4 is 11.3 Å². The number of hydrogen-bond acceptors (Lipinski definition) is 4. The molecular formula is C9H16NO4S-. The van der Waals surface area contributed by atoms with Crippen LogP contribution >= 0.6 is 0 Å². The zero-order chi connectivity index (χ0) is 10.7. The van der Waals surface area contributed by atoms with E-state index in [9.17, 15) is 8.76 Å². The van der Waals surface area contributed by atoms with E-state index in [-0.39, 0.29) is 11.9 Å². The fourth-order valence-electron chi connectivity index (χ4n) is 1.75. The van der Waals surface area contributed by atoms with Crippen LogP contribution in [0.1, 0.15) is 32.1 Å². The van der Waals surface area contributed by atoms with Crippen molar-refractivity contribution in [2.24, 2.45) is 0 Å². The first kappa shape index (κ1) is 11.5. The van der Waals surface area contributed by atoms with Gasteiger partial charge in [-0.1, -0.05) is 0 Å². The number of rotatable bonds is 5. The van der Waals surface area contributed by atoms with Crippen LogP contribution in [0.5, 0.6) is 0 Å². The molecule has 0 spiro atoms. The van der Waals surface area contributed by atoms with Crippen LogP contribution in [0.3, 0.4) is 0 Å². The Morgan fingerprint density at radius 2 is 2.33 bits per heavy atom. The van der Waals surface area contributed by atoms with Crippen LogP contribution in [-0.2, 0) is 20.7 Å². The quantitative estimate of drug-likeness (QED) is 0.701. The highest BCUT2D eigenvalue weighted by Gasteiger charge is 2.46. The van der Waals surface area contributed by atoms with Gasteiger partial charge in [-0.15, -0.1) is 0 Å². The first-order valence-electron chi connectivity index (χ1n) is 5.32. The smallest absolute Gasteiger partial charge is 0.158 e. The fraction of sp³-hybridized carbons (Fsp3) is 1.00.